The summed E-state index contributed by atoms with van der Waals surface area (Å²) in [5, 5.41) is 9.31. The van der Waals surface area contributed by atoms with Crippen LogP contribution in [0.25, 0.3) is 0 Å². The molecule has 0 spiro atoms. The molecule has 1 aromatic rings. The van der Waals surface area contributed by atoms with E-state index >= 15 is 0 Å². The largest absolute Gasteiger partial charge is 0.308 e. The fourth-order valence-corrected chi connectivity index (χ4v) is 4.29. The molecule has 1 saturated heterocycles. The minimum atomic E-state index is -0.337. The summed E-state index contributed by atoms with van der Waals surface area (Å²) in [5.74, 6) is 2.90. The van der Waals surface area contributed by atoms with Crippen LogP contribution in [0.5, 0.6) is 0 Å². The zero-order valence-corrected chi connectivity index (χ0v) is 10.4. The van der Waals surface area contributed by atoms with E-state index in [-0.39, 0.29) is 16.4 Å². The van der Waals surface area contributed by atoms with Gasteiger partial charge >= 0.3 is 0 Å². The third-order valence-corrected chi connectivity index (χ3v) is 5.50. The van der Waals surface area contributed by atoms with Crippen molar-refractivity contribution in [3.63, 3.8) is 0 Å². The van der Waals surface area contributed by atoms with Gasteiger partial charge in [0.15, 0.2) is 0 Å². The molecule has 1 aromatic heterocycles. The van der Waals surface area contributed by atoms with Crippen LogP contribution in [-0.4, -0.2) is 26.7 Å². The van der Waals surface area contributed by atoms with Gasteiger partial charge < -0.3 is 4.98 Å². The summed E-state index contributed by atoms with van der Waals surface area (Å²) in [4.78, 5) is 18.4. The number of hydrogen-bond donors (Lipinski definition) is 1. The van der Waals surface area contributed by atoms with E-state index in [9.17, 15) is 4.79 Å². The molecule has 1 aliphatic rings. The van der Waals surface area contributed by atoms with Crippen molar-refractivity contribution in [3.8, 4) is 6.07 Å². The summed E-state index contributed by atoms with van der Waals surface area (Å²) in [6, 6.07) is 1.82. The van der Waals surface area contributed by atoms with Crippen molar-refractivity contribution in [1.29, 1.82) is 5.26 Å². The van der Waals surface area contributed by atoms with E-state index in [0.29, 0.717) is 11.1 Å². The summed E-state index contributed by atoms with van der Waals surface area (Å²) in [5.41, 5.74) is -0.263. The smallest absolute Gasteiger partial charge is 0.268 e. The lowest BCUT2D eigenvalue weighted by Gasteiger charge is -2.26. The molecule has 1 N–H and O–H groups in total. The lowest BCUT2D eigenvalue weighted by molar-refractivity contribution is 0.812. The highest BCUT2D eigenvalue weighted by Crippen LogP contribution is 2.40. The molecular formula is C10H11N3OS2. The Bertz CT molecular complexity index is 480. The second kappa shape index (κ2) is 4.93. The maximum Gasteiger partial charge on any atom is 0.268 e. The van der Waals surface area contributed by atoms with Crippen molar-refractivity contribution in [2.24, 2.45) is 0 Å². The number of hydrogen-bond acceptors (Lipinski definition) is 5. The Kier molecular flexibility index (Phi) is 3.56. The molecule has 0 saturated carbocycles. The van der Waals surface area contributed by atoms with Gasteiger partial charge in [-0.2, -0.15) is 17.0 Å². The monoisotopic (exact) mass is 253 g/mol. The molecule has 0 radical (unpaired) electrons. The zero-order chi connectivity index (χ0) is 11.5. The zero-order valence-electron chi connectivity index (χ0n) is 8.77. The number of rotatable bonds is 1. The van der Waals surface area contributed by atoms with Gasteiger partial charge in [0.25, 0.3) is 5.56 Å². The molecule has 0 aliphatic carbocycles. The van der Waals surface area contributed by atoms with Gasteiger partial charge in [0.1, 0.15) is 17.5 Å². The SMILES string of the molecule is CC1SCCSC1c1ncc(C#N)c(=O)[nH]1. The first-order chi connectivity index (χ1) is 7.72. The molecule has 2 atom stereocenters. The van der Waals surface area contributed by atoms with E-state index < -0.39 is 0 Å². The van der Waals surface area contributed by atoms with Crippen molar-refractivity contribution in [2.45, 2.75) is 17.4 Å². The Labute approximate surface area is 102 Å². The molecule has 6 heteroatoms. The van der Waals surface area contributed by atoms with Crippen LogP contribution in [0.1, 0.15) is 23.6 Å². The Balaban J connectivity index is 2.31. The average molecular weight is 253 g/mol. The van der Waals surface area contributed by atoms with E-state index in [1.54, 1.807) is 0 Å². The maximum absolute atomic E-state index is 11.5. The topological polar surface area (TPSA) is 69.5 Å². The third-order valence-electron chi connectivity index (χ3n) is 2.40. The van der Waals surface area contributed by atoms with Gasteiger partial charge in [-0.1, -0.05) is 6.92 Å². The Hall–Kier alpha value is -0.930. The van der Waals surface area contributed by atoms with Crippen molar-refractivity contribution in [1.82, 2.24) is 9.97 Å². The summed E-state index contributed by atoms with van der Waals surface area (Å²) in [6.07, 6.45) is 1.36. The summed E-state index contributed by atoms with van der Waals surface area (Å²) in [6.45, 7) is 2.14. The van der Waals surface area contributed by atoms with Crippen LogP contribution >= 0.6 is 23.5 Å². The molecule has 16 heavy (non-hydrogen) atoms. The van der Waals surface area contributed by atoms with Crippen LogP contribution in [0.2, 0.25) is 0 Å². The fourth-order valence-electron chi connectivity index (χ4n) is 1.57. The minimum absolute atomic E-state index is 0.0739. The van der Waals surface area contributed by atoms with Crippen LogP contribution in [0.15, 0.2) is 11.0 Å². The molecule has 1 aliphatic heterocycles. The number of nitrogens with one attached hydrogen (secondary N) is 1. The van der Waals surface area contributed by atoms with Crippen LogP contribution in [0, 0.1) is 11.3 Å². The quantitative estimate of drug-likeness (QED) is 0.822. The Morgan fingerprint density at radius 1 is 1.56 bits per heavy atom. The lowest BCUT2D eigenvalue weighted by Crippen LogP contribution is -2.22. The summed E-state index contributed by atoms with van der Waals surface area (Å²) in [7, 11) is 0. The molecule has 2 unspecified atom stereocenters. The van der Waals surface area contributed by atoms with Crippen LogP contribution in [0.4, 0.5) is 0 Å². The first kappa shape index (κ1) is 11.6. The molecule has 2 rings (SSSR count). The highest BCUT2D eigenvalue weighted by molar-refractivity contribution is 8.06. The molecule has 0 bridgehead atoms. The van der Waals surface area contributed by atoms with Crippen molar-refractivity contribution in [3.05, 3.63) is 27.9 Å². The van der Waals surface area contributed by atoms with E-state index in [4.69, 9.17) is 5.26 Å². The molecule has 0 amide bonds. The molecule has 2 heterocycles. The minimum Gasteiger partial charge on any atom is -0.308 e. The standard InChI is InChI=1S/C10H11N3OS2/c1-6-8(16-3-2-15-6)9-12-5-7(4-11)10(14)13-9/h5-6,8H,2-3H2,1H3,(H,12,13,14). The molecular weight excluding hydrogens is 242 g/mol. The van der Waals surface area contributed by atoms with E-state index in [1.807, 2.05) is 29.6 Å². The lowest BCUT2D eigenvalue weighted by atomic mass is 10.3. The van der Waals surface area contributed by atoms with Gasteiger partial charge in [0.2, 0.25) is 0 Å². The maximum atomic E-state index is 11.5. The number of aromatic nitrogens is 2. The van der Waals surface area contributed by atoms with E-state index in [0.717, 1.165) is 11.5 Å². The molecule has 4 nitrogen and oxygen atoms in total. The van der Waals surface area contributed by atoms with Gasteiger partial charge in [0.05, 0.1) is 11.4 Å². The van der Waals surface area contributed by atoms with E-state index in [1.165, 1.54) is 6.20 Å². The van der Waals surface area contributed by atoms with Crippen molar-refractivity contribution >= 4 is 23.5 Å². The molecule has 1 fully saturated rings. The van der Waals surface area contributed by atoms with Gasteiger partial charge in [-0.05, 0) is 0 Å². The number of H-pyrrole nitrogens is 1. The number of aromatic amines is 1. The third kappa shape index (κ3) is 2.25. The van der Waals surface area contributed by atoms with Gasteiger partial charge in [-0.15, -0.1) is 11.8 Å². The normalized spacial score (nSPS) is 25.0. The summed E-state index contributed by atoms with van der Waals surface area (Å²) >= 11 is 3.70. The van der Waals surface area contributed by atoms with Crippen LogP contribution < -0.4 is 5.56 Å². The van der Waals surface area contributed by atoms with Crippen molar-refractivity contribution in [2.75, 3.05) is 11.5 Å². The summed E-state index contributed by atoms with van der Waals surface area (Å²) < 4.78 is 0. The fraction of sp³-hybridized carbons (Fsp3) is 0.500. The van der Waals surface area contributed by atoms with Crippen LogP contribution in [0.3, 0.4) is 0 Å². The highest BCUT2D eigenvalue weighted by atomic mass is 32.2. The molecule has 84 valence electrons. The van der Waals surface area contributed by atoms with Gasteiger partial charge in [-0.3, -0.25) is 4.79 Å². The Morgan fingerprint density at radius 2 is 2.31 bits per heavy atom. The second-order valence-corrected chi connectivity index (χ2v) is 6.22. The van der Waals surface area contributed by atoms with Gasteiger partial charge in [-0.25, -0.2) is 4.98 Å². The highest BCUT2D eigenvalue weighted by Gasteiger charge is 2.26. The van der Waals surface area contributed by atoms with Gasteiger partial charge in [0, 0.05) is 16.8 Å². The molecule has 0 aromatic carbocycles. The predicted molar refractivity (Wildman–Crippen MR) is 66.7 cm³/mol. The number of nitrogens with zero attached hydrogens (tertiary/aromatic N) is 2. The Morgan fingerprint density at radius 3 is 2.94 bits per heavy atom. The van der Waals surface area contributed by atoms with Crippen LogP contribution in [-0.2, 0) is 0 Å². The number of thioether (sulfide) groups is 2. The second-order valence-electron chi connectivity index (χ2n) is 3.49. The van der Waals surface area contributed by atoms with Crippen molar-refractivity contribution < 1.29 is 0 Å². The number of nitriles is 1. The first-order valence-corrected chi connectivity index (χ1v) is 7.04. The first-order valence-electron chi connectivity index (χ1n) is 4.95. The average Bonchev–Trinajstić information content (AvgIpc) is 2.29. The van der Waals surface area contributed by atoms with E-state index in [2.05, 4.69) is 16.9 Å². The predicted octanol–water partition coefficient (Wildman–Crippen LogP) is 1.55.